The highest BCUT2D eigenvalue weighted by molar-refractivity contribution is 7.16. The van der Waals surface area contributed by atoms with Crippen LogP contribution in [0.3, 0.4) is 0 Å². The molecule has 4 nitrogen and oxygen atoms in total. The molecule has 0 radical (unpaired) electrons. The molecule has 1 fully saturated rings. The minimum absolute atomic E-state index is 0.0159. The van der Waals surface area contributed by atoms with Gasteiger partial charge < -0.3 is 10.0 Å². The third-order valence-corrected chi connectivity index (χ3v) is 4.94. The van der Waals surface area contributed by atoms with E-state index in [0.717, 1.165) is 54.2 Å². The summed E-state index contributed by atoms with van der Waals surface area (Å²) in [6, 6.07) is 2.11. The van der Waals surface area contributed by atoms with Gasteiger partial charge in [0.05, 0.1) is 12.0 Å². The number of thiophene rings is 1. The highest BCUT2D eigenvalue weighted by Gasteiger charge is 2.31. The first-order chi connectivity index (χ1) is 9.65. The van der Waals surface area contributed by atoms with Gasteiger partial charge in [0.15, 0.2) is 0 Å². The molecule has 5 heteroatoms. The standard InChI is InChI=1S/C15H21N3OS/c1-3-12-16-13(11-5-8-20-14(11)17-12)18-7-4-6-15(2,9-18)10-19/h5,8,19H,3-4,6-7,9-10H2,1-2H3. The van der Waals surface area contributed by atoms with E-state index in [9.17, 15) is 5.11 Å². The second-order valence-electron chi connectivity index (χ2n) is 5.95. The number of fused-ring (bicyclic) bond motifs is 1. The van der Waals surface area contributed by atoms with Crippen LogP contribution < -0.4 is 4.90 Å². The number of piperidine rings is 1. The number of anilines is 1. The second kappa shape index (κ2) is 5.30. The Morgan fingerprint density at radius 3 is 3.05 bits per heavy atom. The van der Waals surface area contributed by atoms with Crippen molar-refractivity contribution < 1.29 is 5.11 Å². The lowest BCUT2D eigenvalue weighted by molar-refractivity contribution is 0.123. The molecule has 1 unspecified atom stereocenters. The summed E-state index contributed by atoms with van der Waals surface area (Å²) in [7, 11) is 0. The van der Waals surface area contributed by atoms with E-state index in [-0.39, 0.29) is 12.0 Å². The minimum Gasteiger partial charge on any atom is -0.396 e. The van der Waals surface area contributed by atoms with Gasteiger partial charge >= 0.3 is 0 Å². The number of aryl methyl sites for hydroxylation is 1. The van der Waals surface area contributed by atoms with E-state index in [2.05, 4.69) is 35.2 Å². The van der Waals surface area contributed by atoms with Crippen LogP contribution in [0.4, 0.5) is 5.82 Å². The van der Waals surface area contributed by atoms with Gasteiger partial charge in [0.25, 0.3) is 0 Å². The van der Waals surface area contributed by atoms with E-state index in [1.807, 2.05) is 0 Å². The number of nitrogens with zero attached hydrogens (tertiary/aromatic N) is 3. The van der Waals surface area contributed by atoms with Gasteiger partial charge in [-0.2, -0.15) is 0 Å². The largest absolute Gasteiger partial charge is 0.396 e. The van der Waals surface area contributed by atoms with Crippen LogP contribution in [0, 0.1) is 5.41 Å². The summed E-state index contributed by atoms with van der Waals surface area (Å²) in [5.41, 5.74) is -0.0159. The molecule has 1 saturated heterocycles. The first kappa shape index (κ1) is 13.8. The maximum absolute atomic E-state index is 9.63. The third kappa shape index (κ3) is 2.40. The predicted molar refractivity (Wildman–Crippen MR) is 83.4 cm³/mol. The Labute approximate surface area is 123 Å². The minimum atomic E-state index is -0.0159. The molecule has 108 valence electrons. The molecule has 2 aromatic heterocycles. The maximum Gasteiger partial charge on any atom is 0.141 e. The fourth-order valence-corrected chi connectivity index (χ4v) is 3.68. The summed E-state index contributed by atoms with van der Waals surface area (Å²) in [6.45, 7) is 6.37. The zero-order chi connectivity index (χ0) is 14.2. The van der Waals surface area contributed by atoms with Gasteiger partial charge in [-0.3, -0.25) is 0 Å². The summed E-state index contributed by atoms with van der Waals surface area (Å²) in [4.78, 5) is 12.8. The van der Waals surface area contributed by atoms with Crippen LogP contribution in [0.1, 0.15) is 32.5 Å². The Morgan fingerprint density at radius 2 is 2.30 bits per heavy atom. The van der Waals surface area contributed by atoms with Crippen molar-refractivity contribution in [1.82, 2.24) is 9.97 Å². The summed E-state index contributed by atoms with van der Waals surface area (Å²) >= 11 is 1.67. The molecule has 0 saturated carbocycles. The Kier molecular flexibility index (Phi) is 3.65. The maximum atomic E-state index is 9.63. The van der Waals surface area contributed by atoms with E-state index >= 15 is 0 Å². The molecule has 3 heterocycles. The molecule has 0 spiro atoms. The predicted octanol–water partition coefficient (Wildman–Crippen LogP) is 2.85. The molecule has 0 bridgehead atoms. The molecule has 1 atom stereocenters. The smallest absolute Gasteiger partial charge is 0.141 e. The number of hydrogen-bond donors (Lipinski definition) is 1. The van der Waals surface area contributed by atoms with Gasteiger partial charge in [0.1, 0.15) is 16.5 Å². The van der Waals surface area contributed by atoms with E-state index < -0.39 is 0 Å². The van der Waals surface area contributed by atoms with Gasteiger partial charge in [-0.25, -0.2) is 9.97 Å². The summed E-state index contributed by atoms with van der Waals surface area (Å²) < 4.78 is 0. The van der Waals surface area contributed by atoms with Crippen LogP contribution in [0.5, 0.6) is 0 Å². The van der Waals surface area contributed by atoms with Crippen molar-refractivity contribution in [3.8, 4) is 0 Å². The Bertz CT molecular complexity index is 612. The van der Waals surface area contributed by atoms with Crippen LogP contribution in [0.15, 0.2) is 11.4 Å². The molecule has 0 aliphatic carbocycles. The van der Waals surface area contributed by atoms with Gasteiger partial charge in [-0.05, 0) is 24.3 Å². The lowest BCUT2D eigenvalue weighted by atomic mass is 9.83. The zero-order valence-electron chi connectivity index (χ0n) is 12.1. The highest BCUT2D eigenvalue weighted by atomic mass is 32.1. The zero-order valence-corrected chi connectivity index (χ0v) is 12.9. The van der Waals surface area contributed by atoms with E-state index in [4.69, 9.17) is 4.98 Å². The molecular formula is C15H21N3OS. The molecule has 2 aromatic rings. The quantitative estimate of drug-likeness (QED) is 0.944. The van der Waals surface area contributed by atoms with Crippen LogP contribution in [-0.2, 0) is 6.42 Å². The number of aliphatic hydroxyl groups is 1. The molecule has 1 aliphatic rings. The lowest BCUT2D eigenvalue weighted by Crippen LogP contribution is -2.44. The Hall–Kier alpha value is -1.20. The van der Waals surface area contributed by atoms with Crippen LogP contribution in [0.2, 0.25) is 0 Å². The van der Waals surface area contributed by atoms with Crippen molar-refractivity contribution in [1.29, 1.82) is 0 Å². The fraction of sp³-hybridized carbons (Fsp3) is 0.600. The van der Waals surface area contributed by atoms with Crippen molar-refractivity contribution in [3.63, 3.8) is 0 Å². The summed E-state index contributed by atoms with van der Waals surface area (Å²) in [6.07, 6.45) is 3.04. The number of hydrogen-bond acceptors (Lipinski definition) is 5. The summed E-state index contributed by atoms with van der Waals surface area (Å²) in [5.74, 6) is 1.96. The summed E-state index contributed by atoms with van der Waals surface area (Å²) in [5, 5.41) is 12.9. The van der Waals surface area contributed by atoms with E-state index in [1.54, 1.807) is 11.3 Å². The molecular weight excluding hydrogens is 270 g/mol. The monoisotopic (exact) mass is 291 g/mol. The molecule has 1 N–H and O–H groups in total. The van der Waals surface area contributed by atoms with Crippen molar-refractivity contribution in [2.24, 2.45) is 5.41 Å². The van der Waals surface area contributed by atoms with Gasteiger partial charge in [0.2, 0.25) is 0 Å². The Balaban J connectivity index is 2.02. The second-order valence-corrected chi connectivity index (χ2v) is 6.84. The number of rotatable bonds is 3. The lowest BCUT2D eigenvalue weighted by Gasteiger charge is -2.40. The fourth-order valence-electron chi connectivity index (χ4n) is 2.91. The van der Waals surface area contributed by atoms with E-state index in [1.165, 1.54) is 0 Å². The van der Waals surface area contributed by atoms with E-state index in [0.29, 0.717) is 0 Å². The first-order valence-electron chi connectivity index (χ1n) is 7.25. The van der Waals surface area contributed by atoms with Crippen LogP contribution in [-0.4, -0.2) is 34.8 Å². The van der Waals surface area contributed by atoms with Gasteiger partial charge in [0, 0.05) is 24.9 Å². The molecule has 0 aromatic carbocycles. The molecule has 20 heavy (non-hydrogen) atoms. The van der Waals surface area contributed by atoms with Crippen molar-refractivity contribution in [3.05, 3.63) is 17.3 Å². The number of aliphatic hydroxyl groups excluding tert-OH is 1. The third-order valence-electron chi connectivity index (χ3n) is 4.13. The Morgan fingerprint density at radius 1 is 1.45 bits per heavy atom. The van der Waals surface area contributed by atoms with Crippen molar-refractivity contribution in [2.45, 2.75) is 33.1 Å². The average Bonchev–Trinajstić information content (AvgIpc) is 2.94. The van der Waals surface area contributed by atoms with Crippen LogP contribution in [0.25, 0.3) is 10.2 Å². The average molecular weight is 291 g/mol. The van der Waals surface area contributed by atoms with Crippen molar-refractivity contribution >= 4 is 27.4 Å². The highest BCUT2D eigenvalue weighted by Crippen LogP contribution is 2.35. The molecule has 0 amide bonds. The van der Waals surface area contributed by atoms with Crippen molar-refractivity contribution in [2.75, 3.05) is 24.6 Å². The van der Waals surface area contributed by atoms with Crippen LogP contribution >= 0.6 is 11.3 Å². The SMILES string of the molecule is CCc1nc(N2CCCC(C)(CO)C2)c2ccsc2n1. The van der Waals surface area contributed by atoms with Gasteiger partial charge in [-0.1, -0.05) is 13.8 Å². The first-order valence-corrected chi connectivity index (χ1v) is 8.13. The van der Waals surface area contributed by atoms with Gasteiger partial charge in [-0.15, -0.1) is 11.3 Å². The molecule has 1 aliphatic heterocycles. The topological polar surface area (TPSA) is 49.2 Å². The molecule has 3 rings (SSSR count). The normalized spacial score (nSPS) is 23.4. The number of aromatic nitrogens is 2.